The summed E-state index contributed by atoms with van der Waals surface area (Å²) in [5, 5.41) is 30.2. The van der Waals surface area contributed by atoms with E-state index >= 15 is 0 Å². The lowest BCUT2D eigenvalue weighted by Gasteiger charge is -2.39. The Morgan fingerprint density at radius 3 is 2.51 bits per heavy atom. The number of halogens is 1. The molecule has 0 radical (unpaired) electrons. The highest BCUT2D eigenvalue weighted by Gasteiger charge is 2.49. The van der Waals surface area contributed by atoms with Crippen molar-refractivity contribution < 1.29 is 29.6 Å². The number of amides is 1. The van der Waals surface area contributed by atoms with Gasteiger partial charge in [-0.1, -0.05) is 24.6 Å². The summed E-state index contributed by atoms with van der Waals surface area (Å²) in [6.45, 7) is 4.73. The molecule has 0 aliphatic carbocycles. The Morgan fingerprint density at radius 1 is 1.23 bits per heavy atom. The molecule has 2 saturated heterocycles. The molecular formula is C24H31ClN4O6. The van der Waals surface area contributed by atoms with Crippen LogP contribution in [0.25, 0.3) is 0 Å². The van der Waals surface area contributed by atoms with E-state index in [1.54, 1.807) is 26.4 Å². The summed E-state index contributed by atoms with van der Waals surface area (Å²) in [6.07, 6.45) is 0.816. The highest BCUT2D eigenvalue weighted by Crippen LogP contribution is 2.47. The van der Waals surface area contributed by atoms with Gasteiger partial charge in [-0.25, -0.2) is 9.97 Å². The lowest BCUT2D eigenvalue weighted by Crippen LogP contribution is -2.54. The molecule has 35 heavy (non-hydrogen) atoms. The normalized spacial score (nSPS) is 24.1. The monoisotopic (exact) mass is 506 g/mol. The number of carbonyl (C=O) groups is 1. The molecule has 2 aromatic rings. The molecule has 3 heterocycles. The maximum Gasteiger partial charge on any atom is 0.253 e. The van der Waals surface area contributed by atoms with E-state index < -0.39 is 30.1 Å². The third-order valence-electron chi connectivity index (χ3n) is 7.08. The van der Waals surface area contributed by atoms with Crippen LogP contribution in [0.1, 0.15) is 25.3 Å². The largest absolute Gasteiger partial charge is 0.493 e. The van der Waals surface area contributed by atoms with E-state index in [4.69, 9.17) is 21.1 Å². The van der Waals surface area contributed by atoms with Crippen molar-refractivity contribution in [3.05, 3.63) is 41.2 Å². The van der Waals surface area contributed by atoms with Crippen LogP contribution in [0.15, 0.2) is 30.6 Å². The van der Waals surface area contributed by atoms with E-state index in [0.29, 0.717) is 42.1 Å². The van der Waals surface area contributed by atoms with E-state index in [0.717, 1.165) is 5.56 Å². The van der Waals surface area contributed by atoms with Crippen molar-refractivity contribution in [2.24, 2.45) is 5.41 Å². The third-order valence-corrected chi connectivity index (χ3v) is 7.27. The lowest BCUT2D eigenvalue weighted by molar-refractivity contribution is -0.141. The Morgan fingerprint density at radius 2 is 1.91 bits per heavy atom. The van der Waals surface area contributed by atoms with Gasteiger partial charge in [0.2, 0.25) is 5.95 Å². The zero-order chi connectivity index (χ0) is 25.3. The van der Waals surface area contributed by atoms with Gasteiger partial charge < -0.3 is 34.6 Å². The Bertz CT molecular complexity index is 1050. The third kappa shape index (κ3) is 5.02. The topological polar surface area (TPSA) is 128 Å². The first-order valence-corrected chi connectivity index (χ1v) is 11.9. The van der Waals surface area contributed by atoms with Crippen molar-refractivity contribution >= 4 is 23.5 Å². The number of aliphatic hydroxyl groups is 3. The van der Waals surface area contributed by atoms with Crippen LogP contribution >= 0.6 is 11.6 Å². The number of aromatic nitrogens is 2. The second kappa shape index (κ2) is 10.1. The summed E-state index contributed by atoms with van der Waals surface area (Å²) >= 11 is 5.86. The predicted octanol–water partition coefficient (Wildman–Crippen LogP) is 1.07. The van der Waals surface area contributed by atoms with Gasteiger partial charge in [0.15, 0.2) is 17.6 Å². The number of anilines is 1. The molecule has 0 bridgehead atoms. The first kappa shape index (κ1) is 25.4. The molecule has 3 N–H and O–H groups in total. The molecule has 1 amide bonds. The molecule has 190 valence electrons. The van der Waals surface area contributed by atoms with Crippen LogP contribution in [0.4, 0.5) is 5.95 Å². The van der Waals surface area contributed by atoms with Gasteiger partial charge >= 0.3 is 0 Å². The smallest absolute Gasteiger partial charge is 0.253 e. The fourth-order valence-electron chi connectivity index (χ4n) is 4.71. The van der Waals surface area contributed by atoms with Crippen molar-refractivity contribution in [1.29, 1.82) is 0 Å². The van der Waals surface area contributed by atoms with Crippen LogP contribution in [0.5, 0.6) is 11.5 Å². The first-order chi connectivity index (χ1) is 16.7. The molecule has 0 spiro atoms. The fourth-order valence-corrected chi connectivity index (χ4v) is 4.81. The first-order valence-electron chi connectivity index (χ1n) is 11.5. The standard InChI is InChI=1S/C24H31ClN4O6/c1-14(31)24(2)13-29(22(33)19(32)12-30)11-18(24)15-4-5-20(34-3)21(6-15)35-17-9-28(10-17)23-26-7-16(25)8-27-23/h4-8,14,17-19,30-32H,9-13H2,1-3H3/t14-,18+,19+,24+/m1/s1. The van der Waals surface area contributed by atoms with Crippen LogP contribution in [0.3, 0.4) is 0 Å². The molecule has 10 nitrogen and oxygen atoms in total. The van der Waals surface area contributed by atoms with Crippen LogP contribution in [0.2, 0.25) is 5.02 Å². The van der Waals surface area contributed by atoms with Gasteiger partial charge in [-0.2, -0.15) is 0 Å². The van der Waals surface area contributed by atoms with E-state index in [-0.39, 0.29) is 18.6 Å². The molecule has 1 aromatic carbocycles. The summed E-state index contributed by atoms with van der Waals surface area (Å²) in [6, 6.07) is 5.61. The van der Waals surface area contributed by atoms with Gasteiger partial charge in [-0.3, -0.25) is 4.79 Å². The van der Waals surface area contributed by atoms with Crippen molar-refractivity contribution in [2.75, 3.05) is 44.8 Å². The molecular weight excluding hydrogens is 476 g/mol. The summed E-state index contributed by atoms with van der Waals surface area (Å²) in [7, 11) is 1.57. The van der Waals surface area contributed by atoms with Crippen LogP contribution in [0, 0.1) is 5.41 Å². The Balaban J connectivity index is 1.52. The molecule has 0 saturated carbocycles. The average molecular weight is 507 g/mol. The zero-order valence-corrected chi connectivity index (χ0v) is 20.7. The van der Waals surface area contributed by atoms with Gasteiger partial charge in [0.1, 0.15) is 6.10 Å². The summed E-state index contributed by atoms with van der Waals surface area (Å²) < 4.78 is 11.8. The van der Waals surface area contributed by atoms with Crippen molar-refractivity contribution in [2.45, 2.75) is 38.1 Å². The number of hydrogen-bond acceptors (Lipinski definition) is 9. The minimum Gasteiger partial charge on any atom is -0.493 e. The van der Waals surface area contributed by atoms with Gasteiger partial charge in [0.25, 0.3) is 5.91 Å². The predicted molar refractivity (Wildman–Crippen MR) is 129 cm³/mol. The fraction of sp³-hybridized carbons (Fsp3) is 0.542. The zero-order valence-electron chi connectivity index (χ0n) is 20.0. The highest BCUT2D eigenvalue weighted by atomic mass is 35.5. The second-order valence-electron chi connectivity index (χ2n) is 9.41. The highest BCUT2D eigenvalue weighted by molar-refractivity contribution is 6.30. The molecule has 2 aliphatic rings. The molecule has 4 rings (SSSR count). The van der Waals surface area contributed by atoms with E-state index in [1.807, 2.05) is 30.0 Å². The van der Waals surface area contributed by atoms with Gasteiger partial charge in [-0.15, -0.1) is 0 Å². The average Bonchev–Trinajstić information content (AvgIpc) is 3.19. The number of carbonyl (C=O) groups excluding carboxylic acids is 1. The minimum atomic E-state index is -1.48. The number of rotatable bonds is 8. The van der Waals surface area contributed by atoms with E-state index in [1.165, 1.54) is 4.90 Å². The summed E-state index contributed by atoms with van der Waals surface area (Å²) in [5.74, 6) is 0.968. The number of ether oxygens (including phenoxy) is 2. The molecule has 0 unspecified atom stereocenters. The van der Waals surface area contributed by atoms with Crippen molar-refractivity contribution in [3.63, 3.8) is 0 Å². The van der Waals surface area contributed by atoms with E-state index in [2.05, 4.69) is 9.97 Å². The molecule has 2 aliphatic heterocycles. The molecule has 11 heteroatoms. The van der Waals surface area contributed by atoms with Crippen LogP contribution < -0.4 is 14.4 Å². The Kier molecular flexibility index (Phi) is 7.37. The minimum absolute atomic E-state index is 0.0945. The second-order valence-corrected chi connectivity index (χ2v) is 9.84. The number of methoxy groups -OCH3 is 1. The van der Waals surface area contributed by atoms with Crippen LogP contribution in [-0.2, 0) is 4.79 Å². The Labute approximate surface area is 209 Å². The van der Waals surface area contributed by atoms with Gasteiger partial charge in [0, 0.05) is 24.4 Å². The molecule has 2 fully saturated rings. The van der Waals surface area contributed by atoms with Gasteiger partial charge in [-0.05, 0) is 24.6 Å². The summed E-state index contributed by atoms with van der Waals surface area (Å²) in [4.78, 5) is 24.5. The SMILES string of the molecule is COc1ccc([C@@H]2CN(C(=O)[C@@H](O)CO)C[C@@]2(C)[C@@H](C)O)cc1OC1CN(c2ncc(Cl)cn2)C1. The lowest BCUT2D eigenvalue weighted by atomic mass is 9.72. The van der Waals surface area contributed by atoms with Crippen LogP contribution in [-0.4, -0.2) is 94.3 Å². The van der Waals surface area contributed by atoms with Crippen molar-refractivity contribution in [3.8, 4) is 11.5 Å². The number of benzene rings is 1. The number of aliphatic hydroxyl groups excluding tert-OH is 3. The maximum absolute atomic E-state index is 12.6. The maximum atomic E-state index is 12.6. The summed E-state index contributed by atoms with van der Waals surface area (Å²) in [5.41, 5.74) is 0.228. The Hall–Kier alpha value is -2.66. The van der Waals surface area contributed by atoms with E-state index in [9.17, 15) is 20.1 Å². The van der Waals surface area contributed by atoms with Gasteiger partial charge in [0.05, 0.1) is 50.3 Å². The number of likely N-dealkylation sites (tertiary alicyclic amines) is 1. The number of nitrogens with zero attached hydrogens (tertiary/aromatic N) is 4. The van der Waals surface area contributed by atoms with Crippen molar-refractivity contribution in [1.82, 2.24) is 14.9 Å². The molecule has 1 aromatic heterocycles. The number of hydrogen-bond donors (Lipinski definition) is 3. The molecule has 4 atom stereocenters. The quantitative estimate of drug-likeness (QED) is 0.481.